The van der Waals surface area contributed by atoms with Crippen LogP contribution in [0, 0.1) is 0 Å². The molecule has 0 heterocycles. The van der Waals surface area contributed by atoms with Crippen molar-refractivity contribution in [1.29, 1.82) is 0 Å². The van der Waals surface area contributed by atoms with Crippen LogP contribution < -0.4 is 4.74 Å². The summed E-state index contributed by atoms with van der Waals surface area (Å²) in [4.78, 5) is 1.34. The van der Waals surface area contributed by atoms with Crippen molar-refractivity contribution in [1.82, 2.24) is 0 Å². The molecule has 0 N–H and O–H groups in total. The summed E-state index contributed by atoms with van der Waals surface area (Å²) in [7, 11) is -1.77. The first kappa shape index (κ1) is 16.4. The van der Waals surface area contributed by atoms with Gasteiger partial charge in [-0.05, 0) is 46.3 Å². The van der Waals surface area contributed by atoms with Gasteiger partial charge in [-0.1, -0.05) is 18.2 Å². The molecule has 0 atom stereocenters. The molecule has 0 aromatic heterocycles. The molecule has 0 unspecified atom stereocenters. The lowest BCUT2D eigenvalue weighted by Gasteiger charge is -2.07. The van der Waals surface area contributed by atoms with E-state index in [4.69, 9.17) is 4.74 Å². The second kappa shape index (κ2) is 7.33. The molecule has 2 aromatic carbocycles. The van der Waals surface area contributed by atoms with Crippen molar-refractivity contribution in [3.8, 4) is 5.75 Å². The first-order valence-electron chi connectivity index (χ1n) is 6.27. The first-order valence-corrected chi connectivity index (χ1v) is 9.70. The van der Waals surface area contributed by atoms with Crippen LogP contribution in [0.3, 0.4) is 0 Å². The number of hydrogen-bond donors (Lipinski definition) is 0. The second-order valence-corrected chi connectivity index (χ2v) is 8.38. The van der Waals surface area contributed by atoms with E-state index in [1.807, 2.05) is 24.3 Å². The van der Waals surface area contributed by atoms with Gasteiger partial charge in [0.1, 0.15) is 5.75 Å². The molecule has 0 saturated carbocycles. The Morgan fingerprint density at radius 2 is 1.90 bits per heavy atom. The van der Waals surface area contributed by atoms with Crippen LogP contribution in [0.2, 0.25) is 0 Å². The van der Waals surface area contributed by atoms with Crippen molar-refractivity contribution in [3.05, 3.63) is 53.0 Å². The minimum atomic E-state index is -3.29. The van der Waals surface area contributed by atoms with Crippen molar-refractivity contribution in [2.24, 2.45) is 0 Å². The topological polar surface area (TPSA) is 43.4 Å². The van der Waals surface area contributed by atoms with E-state index in [-0.39, 0.29) is 5.75 Å². The van der Waals surface area contributed by atoms with Gasteiger partial charge in [0.2, 0.25) is 0 Å². The Kier molecular flexibility index (Phi) is 5.72. The number of ether oxygens (including phenoxy) is 1. The van der Waals surface area contributed by atoms with E-state index in [0.29, 0.717) is 16.4 Å². The lowest BCUT2D eigenvalue weighted by molar-refractivity contribution is 0.413. The summed E-state index contributed by atoms with van der Waals surface area (Å²) in [6.07, 6.45) is 0. The molecule has 3 nitrogen and oxygen atoms in total. The van der Waals surface area contributed by atoms with Crippen LogP contribution in [-0.4, -0.2) is 27.0 Å². The molecule has 0 fully saturated rings. The van der Waals surface area contributed by atoms with Crippen LogP contribution in [0.25, 0.3) is 0 Å². The Labute approximate surface area is 137 Å². The summed E-state index contributed by atoms with van der Waals surface area (Å²) >= 11 is 4.98. The molecule has 112 valence electrons. The molecule has 0 bridgehead atoms. The van der Waals surface area contributed by atoms with E-state index in [1.54, 1.807) is 24.3 Å². The SMILES string of the molecule is COc1cccc(S(=O)(=O)CCSc2ccccc2Br)c1. The highest BCUT2D eigenvalue weighted by Gasteiger charge is 2.15. The van der Waals surface area contributed by atoms with E-state index >= 15 is 0 Å². The van der Waals surface area contributed by atoms with Crippen molar-refractivity contribution in [3.63, 3.8) is 0 Å². The zero-order valence-corrected chi connectivity index (χ0v) is 14.7. The molecule has 0 radical (unpaired) electrons. The van der Waals surface area contributed by atoms with Crippen molar-refractivity contribution in [2.75, 3.05) is 18.6 Å². The summed E-state index contributed by atoms with van der Waals surface area (Å²) in [6, 6.07) is 14.3. The maximum Gasteiger partial charge on any atom is 0.179 e. The highest BCUT2D eigenvalue weighted by atomic mass is 79.9. The van der Waals surface area contributed by atoms with Crippen LogP contribution in [0.4, 0.5) is 0 Å². The molecular formula is C15H15BrO3S2. The predicted molar refractivity (Wildman–Crippen MR) is 89.9 cm³/mol. The first-order chi connectivity index (χ1) is 10.0. The number of hydrogen-bond acceptors (Lipinski definition) is 4. The van der Waals surface area contributed by atoms with Gasteiger partial charge in [-0.2, -0.15) is 0 Å². The molecule has 2 rings (SSSR count). The minimum Gasteiger partial charge on any atom is -0.497 e. The average molecular weight is 387 g/mol. The highest BCUT2D eigenvalue weighted by molar-refractivity contribution is 9.10. The van der Waals surface area contributed by atoms with Crippen molar-refractivity contribution in [2.45, 2.75) is 9.79 Å². The number of rotatable bonds is 6. The van der Waals surface area contributed by atoms with Gasteiger partial charge >= 0.3 is 0 Å². The van der Waals surface area contributed by atoms with E-state index in [1.165, 1.54) is 18.9 Å². The van der Waals surface area contributed by atoms with E-state index in [2.05, 4.69) is 15.9 Å². The Bertz CT molecular complexity index is 714. The quantitative estimate of drug-likeness (QED) is 0.703. The zero-order valence-electron chi connectivity index (χ0n) is 11.5. The lowest BCUT2D eigenvalue weighted by Crippen LogP contribution is -2.09. The van der Waals surface area contributed by atoms with Gasteiger partial charge in [0, 0.05) is 15.1 Å². The van der Waals surface area contributed by atoms with E-state index in [9.17, 15) is 8.42 Å². The third kappa shape index (κ3) is 4.49. The van der Waals surface area contributed by atoms with Crippen molar-refractivity contribution >= 4 is 37.5 Å². The molecule has 2 aromatic rings. The molecule has 0 aliphatic carbocycles. The van der Waals surface area contributed by atoms with Gasteiger partial charge in [-0.3, -0.25) is 0 Å². The normalized spacial score (nSPS) is 11.3. The molecule has 0 amide bonds. The molecule has 0 aliphatic rings. The smallest absolute Gasteiger partial charge is 0.179 e. The Balaban J connectivity index is 2.03. The van der Waals surface area contributed by atoms with Gasteiger partial charge < -0.3 is 4.74 Å². The number of halogens is 1. The van der Waals surface area contributed by atoms with Crippen LogP contribution in [0.15, 0.2) is 62.8 Å². The maximum atomic E-state index is 12.3. The van der Waals surface area contributed by atoms with Gasteiger partial charge in [0.25, 0.3) is 0 Å². The molecule has 0 spiro atoms. The summed E-state index contributed by atoms with van der Waals surface area (Å²) in [5.41, 5.74) is 0. The van der Waals surface area contributed by atoms with Gasteiger partial charge in [0.05, 0.1) is 17.8 Å². The highest BCUT2D eigenvalue weighted by Crippen LogP contribution is 2.27. The Hall–Kier alpha value is -0.980. The average Bonchev–Trinajstić information content (AvgIpc) is 2.49. The van der Waals surface area contributed by atoms with E-state index in [0.717, 1.165) is 9.37 Å². The van der Waals surface area contributed by atoms with Crippen LogP contribution in [0.1, 0.15) is 0 Å². The summed E-state index contributed by atoms with van der Waals surface area (Å²) < 4.78 is 30.6. The van der Waals surface area contributed by atoms with E-state index < -0.39 is 9.84 Å². The molecule has 21 heavy (non-hydrogen) atoms. The Morgan fingerprint density at radius 3 is 2.62 bits per heavy atom. The standard InChI is InChI=1S/C15H15BrO3S2/c1-19-12-5-4-6-13(11-12)21(17,18)10-9-20-15-8-3-2-7-14(15)16/h2-8,11H,9-10H2,1H3. The maximum absolute atomic E-state index is 12.3. The number of thioether (sulfide) groups is 1. The van der Waals surface area contributed by atoms with Crippen molar-refractivity contribution < 1.29 is 13.2 Å². The molecule has 0 saturated heterocycles. The van der Waals surface area contributed by atoms with Crippen LogP contribution >= 0.6 is 27.7 Å². The zero-order chi connectivity index (χ0) is 15.3. The monoisotopic (exact) mass is 386 g/mol. The van der Waals surface area contributed by atoms with Gasteiger partial charge in [-0.15, -0.1) is 11.8 Å². The molecule has 0 aliphatic heterocycles. The van der Waals surface area contributed by atoms with Crippen LogP contribution in [-0.2, 0) is 9.84 Å². The van der Waals surface area contributed by atoms with Gasteiger partial charge in [0.15, 0.2) is 9.84 Å². The minimum absolute atomic E-state index is 0.0895. The third-order valence-corrected chi connectivity index (χ3v) is 6.85. The predicted octanol–water partition coefficient (Wildman–Crippen LogP) is 4.02. The number of methoxy groups -OCH3 is 1. The number of benzene rings is 2. The summed E-state index contributed by atoms with van der Waals surface area (Å²) in [5.74, 6) is 1.14. The fourth-order valence-corrected chi connectivity index (χ4v) is 4.99. The largest absolute Gasteiger partial charge is 0.497 e. The van der Waals surface area contributed by atoms with Crippen LogP contribution in [0.5, 0.6) is 5.75 Å². The summed E-state index contributed by atoms with van der Waals surface area (Å²) in [6.45, 7) is 0. The molecule has 6 heteroatoms. The molecular weight excluding hydrogens is 372 g/mol. The fourth-order valence-electron chi connectivity index (χ4n) is 1.74. The second-order valence-electron chi connectivity index (χ2n) is 4.28. The third-order valence-electron chi connectivity index (χ3n) is 2.85. The Morgan fingerprint density at radius 1 is 1.14 bits per heavy atom. The summed E-state index contributed by atoms with van der Waals surface area (Å²) in [5, 5.41) is 0. The number of sulfone groups is 1. The lowest BCUT2D eigenvalue weighted by atomic mass is 10.3. The fraction of sp³-hybridized carbons (Fsp3) is 0.200. The van der Waals surface area contributed by atoms with Gasteiger partial charge in [-0.25, -0.2) is 8.42 Å².